The van der Waals surface area contributed by atoms with Crippen LogP contribution in [0.2, 0.25) is 0 Å². The first kappa shape index (κ1) is 17.5. The zero-order valence-corrected chi connectivity index (χ0v) is 13.6. The number of aromatic nitrogens is 2. The monoisotopic (exact) mass is 333 g/mol. The van der Waals surface area contributed by atoms with Crippen molar-refractivity contribution in [3.05, 3.63) is 32.1 Å². The lowest BCUT2D eigenvalue weighted by atomic mass is 10.2. The number of hydrogen-bond donors (Lipinski definition) is 2. The van der Waals surface area contributed by atoms with Gasteiger partial charge < -0.3 is 10.6 Å². The maximum absolute atomic E-state index is 12.4. The topological polar surface area (TPSA) is 126 Å². The van der Waals surface area contributed by atoms with E-state index in [1.807, 2.05) is 6.07 Å². The van der Waals surface area contributed by atoms with Gasteiger partial charge in [-0.05, 0) is 26.7 Å². The van der Waals surface area contributed by atoms with E-state index in [-0.39, 0.29) is 11.5 Å². The fourth-order valence-electron chi connectivity index (χ4n) is 2.71. The maximum atomic E-state index is 12.4. The lowest BCUT2D eigenvalue weighted by molar-refractivity contribution is -0.128. The number of likely N-dealkylation sites (N-methyl/N-ethyl adjacent to an activating group) is 1. The van der Waals surface area contributed by atoms with Gasteiger partial charge in [-0.25, -0.2) is 9.36 Å². The number of hydrogen-bond acceptors (Lipinski definition) is 5. The standard InChI is InChI=1S/C15H19N5O4/c1-3-17-13(22)9(2)18-12(21)8-20-14(23)10(7-16)11-5-4-6-19(11)15(20)24/h9H,3-6,8H2,1-2H3,(H,17,22)(H,18,21)/t9-/m0/s1. The molecule has 0 saturated carbocycles. The second-order valence-electron chi connectivity index (χ2n) is 5.55. The first-order chi connectivity index (χ1) is 11.4. The summed E-state index contributed by atoms with van der Waals surface area (Å²) < 4.78 is 2.10. The predicted octanol–water partition coefficient (Wildman–Crippen LogP) is -1.53. The molecular weight excluding hydrogens is 314 g/mol. The fourth-order valence-corrected chi connectivity index (χ4v) is 2.71. The van der Waals surface area contributed by atoms with E-state index in [9.17, 15) is 24.4 Å². The summed E-state index contributed by atoms with van der Waals surface area (Å²) in [7, 11) is 0. The zero-order chi connectivity index (χ0) is 17.9. The van der Waals surface area contributed by atoms with Crippen molar-refractivity contribution in [1.82, 2.24) is 19.8 Å². The van der Waals surface area contributed by atoms with Gasteiger partial charge in [0.15, 0.2) is 0 Å². The largest absolute Gasteiger partial charge is 0.355 e. The first-order valence-corrected chi connectivity index (χ1v) is 7.74. The highest BCUT2D eigenvalue weighted by atomic mass is 16.2. The molecule has 24 heavy (non-hydrogen) atoms. The molecular formula is C15H19N5O4. The van der Waals surface area contributed by atoms with Crippen LogP contribution in [0.3, 0.4) is 0 Å². The highest BCUT2D eigenvalue weighted by molar-refractivity contribution is 5.87. The van der Waals surface area contributed by atoms with Gasteiger partial charge in [0.2, 0.25) is 11.8 Å². The van der Waals surface area contributed by atoms with Gasteiger partial charge in [-0.2, -0.15) is 5.26 Å². The van der Waals surface area contributed by atoms with E-state index in [1.165, 1.54) is 11.5 Å². The van der Waals surface area contributed by atoms with Crippen molar-refractivity contribution >= 4 is 11.8 Å². The summed E-state index contributed by atoms with van der Waals surface area (Å²) in [5, 5.41) is 14.2. The van der Waals surface area contributed by atoms with Gasteiger partial charge in [-0.1, -0.05) is 0 Å². The molecule has 2 N–H and O–H groups in total. The number of amides is 2. The molecule has 0 aliphatic carbocycles. The summed E-state index contributed by atoms with van der Waals surface area (Å²) in [4.78, 5) is 48.3. The summed E-state index contributed by atoms with van der Waals surface area (Å²) in [6.07, 6.45) is 1.17. The number of nitrogens with one attached hydrogen (secondary N) is 2. The Kier molecular flexibility index (Phi) is 5.18. The van der Waals surface area contributed by atoms with Crippen molar-refractivity contribution in [1.29, 1.82) is 5.26 Å². The molecule has 1 aromatic rings. The second-order valence-corrected chi connectivity index (χ2v) is 5.55. The minimum Gasteiger partial charge on any atom is -0.355 e. The third kappa shape index (κ3) is 3.22. The average Bonchev–Trinajstić information content (AvgIpc) is 3.01. The first-order valence-electron chi connectivity index (χ1n) is 7.74. The number of rotatable bonds is 5. The van der Waals surface area contributed by atoms with Crippen molar-refractivity contribution in [3.63, 3.8) is 0 Å². The van der Waals surface area contributed by atoms with E-state index in [0.717, 1.165) is 4.57 Å². The molecule has 1 aliphatic rings. The number of fused-ring (bicyclic) bond motifs is 1. The Morgan fingerprint density at radius 1 is 1.38 bits per heavy atom. The molecule has 0 bridgehead atoms. The smallest absolute Gasteiger partial charge is 0.331 e. The van der Waals surface area contributed by atoms with Gasteiger partial charge in [0.05, 0.1) is 0 Å². The molecule has 2 heterocycles. The summed E-state index contributed by atoms with van der Waals surface area (Å²) >= 11 is 0. The minimum atomic E-state index is -0.791. The molecule has 0 aromatic carbocycles. The Balaban J connectivity index is 2.27. The lowest BCUT2D eigenvalue weighted by Gasteiger charge is -2.14. The quantitative estimate of drug-likeness (QED) is 0.676. The minimum absolute atomic E-state index is 0.100. The van der Waals surface area contributed by atoms with Gasteiger partial charge in [0, 0.05) is 18.8 Å². The maximum Gasteiger partial charge on any atom is 0.331 e. The van der Waals surface area contributed by atoms with E-state index in [1.54, 1.807) is 6.92 Å². The van der Waals surface area contributed by atoms with Gasteiger partial charge in [-0.3, -0.25) is 19.0 Å². The van der Waals surface area contributed by atoms with Crippen LogP contribution < -0.4 is 21.9 Å². The summed E-state index contributed by atoms with van der Waals surface area (Å²) in [5.74, 6) is -1.00. The number of nitriles is 1. The average molecular weight is 333 g/mol. The molecule has 1 atom stereocenters. The SMILES string of the molecule is CCNC(=O)[C@H](C)NC(=O)Cn1c(=O)c(C#N)c2n(c1=O)CCC2. The highest BCUT2D eigenvalue weighted by Gasteiger charge is 2.24. The molecule has 128 valence electrons. The van der Waals surface area contributed by atoms with Crippen LogP contribution in [0.15, 0.2) is 9.59 Å². The van der Waals surface area contributed by atoms with E-state index < -0.39 is 29.7 Å². The van der Waals surface area contributed by atoms with Gasteiger partial charge in [-0.15, -0.1) is 0 Å². The molecule has 0 fully saturated rings. The van der Waals surface area contributed by atoms with E-state index in [0.29, 0.717) is 31.6 Å². The van der Waals surface area contributed by atoms with Crippen LogP contribution in [0, 0.1) is 11.3 Å². The van der Waals surface area contributed by atoms with Crippen LogP contribution in [0.1, 0.15) is 31.5 Å². The van der Waals surface area contributed by atoms with E-state index >= 15 is 0 Å². The molecule has 2 amide bonds. The fraction of sp³-hybridized carbons (Fsp3) is 0.533. The Morgan fingerprint density at radius 3 is 2.71 bits per heavy atom. The predicted molar refractivity (Wildman–Crippen MR) is 84.3 cm³/mol. The molecule has 9 nitrogen and oxygen atoms in total. The van der Waals surface area contributed by atoms with Crippen molar-refractivity contribution in [2.75, 3.05) is 6.54 Å². The van der Waals surface area contributed by atoms with Crippen LogP contribution >= 0.6 is 0 Å². The number of nitrogens with zero attached hydrogens (tertiary/aromatic N) is 3. The van der Waals surface area contributed by atoms with E-state index in [4.69, 9.17) is 0 Å². The summed E-state index contributed by atoms with van der Waals surface area (Å²) in [5.41, 5.74) is -1.04. The van der Waals surface area contributed by atoms with Crippen LogP contribution in [-0.2, 0) is 29.1 Å². The van der Waals surface area contributed by atoms with Crippen LogP contribution in [-0.4, -0.2) is 33.5 Å². The molecule has 0 unspecified atom stereocenters. The van der Waals surface area contributed by atoms with Gasteiger partial charge in [0.25, 0.3) is 5.56 Å². The third-order valence-electron chi connectivity index (χ3n) is 3.87. The molecule has 2 rings (SSSR count). The molecule has 1 aromatic heterocycles. The molecule has 0 saturated heterocycles. The normalized spacial score (nSPS) is 13.7. The lowest BCUT2D eigenvalue weighted by Crippen LogP contribution is -2.49. The van der Waals surface area contributed by atoms with Crippen molar-refractivity contribution in [3.8, 4) is 6.07 Å². The third-order valence-corrected chi connectivity index (χ3v) is 3.87. The van der Waals surface area contributed by atoms with E-state index in [2.05, 4.69) is 10.6 Å². The van der Waals surface area contributed by atoms with Crippen molar-refractivity contribution in [2.24, 2.45) is 0 Å². The van der Waals surface area contributed by atoms with Crippen LogP contribution in [0.5, 0.6) is 0 Å². The molecule has 1 aliphatic heterocycles. The van der Waals surface area contributed by atoms with Crippen molar-refractivity contribution in [2.45, 2.75) is 45.8 Å². The van der Waals surface area contributed by atoms with Crippen molar-refractivity contribution < 1.29 is 9.59 Å². The molecule has 0 spiro atoms. The highest BCUT2D eigenvalue weighted by Crippen LogP contribution is 2.12. The number of carbonyl (C=O) groups excluding carboxylic acids is 2. The zero-order valence-electron chi connectivity index (χ0n) is 13.6. The Labute approximate surface area is 137 Å². The van der Waals surface area contributed by atoms with Gasteiger partial charge in [0.1, 0.15) is 24.2 Å². The number of carbonyl (C=O) groups is 2. The van der Waals surface area contributed by atoms with Crippen LogP contribution in [0.25, 0.3) is 0 Å². The Hall–Kier alpha value is -2.89. The summed E-state index contributed by atoms with van der Waals surface area (Å²) in [6.45, 7) is 3.56. The second kappa shape index (κ2) is 7.12. The van der Waals surface area contributed by atoms with Crippen LogP contribution in [0.4, 0.5) is 0 Å². The summed E-state index contributed by atoms with van der Waals surface area (Å²) in [6, 6.07) is 1.03. The Morgan fingerprint density at radius 2 is 2.08 bits per heavy atom. The Bertz CT molecular complexity index is 830. The van der Waals surface area contributed by atoms with Gasteiger partial charge >= 0.3 is 5.69 Å². The molecule has 0 radical (unpaired) electrons. The molecule has 9 heteroatoms.